The number of likely N-dealkylation sites (N-methyl/N-ethyl adjacent to an activating group) is 1. The maximum Gasteiger partial charge on any atom is 0.251 e. The highest BCUT2D eigenvalue weighted by atomic mass is 16.3. The first-order chi connectivity index (χ1) is 10.2. The van der Waals surface area contributed by atoms with Gasteiger partial charge in [0.05, 0.1) is 5.60 Å². The topological polar surface area (TPSA) is 69.6 Å². The molecule has 5 nitrogen and oxygen atoms in total. The zero-order valence-corrected chi connectivity index (χ0v) is 13.8. The van der Waals surface area contributed by atoms with Crippen molar-refractivity contribution in [1.29, 1.82) is 0 Å². The van der Waals surface area contributed by atoms with E-state index >= 15 is 0 Å². The summed E-state index contributed by atoms with van der Waals surface area (Å²) in [6, 6.07) is 8.64. The Morgan fingerprint density at radius 3 is 2.36 bits per heavy atom. The van der Waals surface area contributed by atoms with Crippen molar-refractivity contribution in [3.05, 3.63) is 35.9 Å². The molecule has 22 heavy (non-hydrogen) atoms. The molecular weight excluding hydrogens is 280 g/mol. The van der Waals surface area contributed by atoms with E-state index in [0.717, 1.165) is 0 Å². The van der Waals surface area contributed by atoms with Gasteiger partial charge in [-0.05, 0) is 39.8 Å². The fourth-order valence-corrected chi connectivity index (χ4v) is 2.18. The number of benzene rings is 1. The first kappa shape index (κ1) is 18.2. The average Bonchev–Trinajstić information content (AvgIpc) is 2.44. The Balaban J connectivity index is 2.54. The van der Waals surface area contributed by atoms with Crippen LogP contribution in [0.3, 0.4) is 0 Å². The first-order valence-corrected chi connectivity index (χ1v) is 7.59. The summed E-state index contributed by atoms with van der Waals surface area (Å²) in [5.41, 5.74) is -0.354. The number of nitrogens with zero attached hydrogens (tertiary/aromatic N) is 1. The van der Waals surface area contributed by atoms with Crippen molar-refractivity contribution in [3.63, 3.8) is 0 Å². The third-order valence-corrected chi connectivity index (χ3v) is 3.21. The Morgan fingerprint density at radius 2 is 1.86 bits per heavy atom. The van der Waals surface area contributed by atoms with Crippen LogP contribution in [-0.2, 0) is 4.79 Å². The van der Waals surface area contributed by atoms with Crippen LogP contribution in [0.5, 0.6) is 0 Å². The van der Waals surface area contributed by atoms with E-state index in [1.807, 2.05) is 13.0 Å². The molecule has 0 bridgehead atoms. The van der Waals surface area contributed by atoms with Gasteiger partial charge in [0, 0.05) is 31.1 Å². The minimum absolute atomic E-state index is 0.0783. The van der Waals surface area contributed by atoms with Crippen molar-refractivity contribution in [2.24, 2.45) is 0 Å². The molecule has 1 aromatic carbocycles. The summed E-state index contributed by atoms with van der Waals surface area (Å²) in [4.78, 5) is 25.9. The third kappa shape index (κ3) is 6.26. The lowest BCUT2D eigenvalue weighted by Gasteiger charge is -2.29. The van der Waals surface area contributed by atoms with Gasteiger partial charge >= 0.3 is 0 Å². The molecule has 1 rings (SSSR count). The molecule has 0 aromatic heterocycles. The molecule has 1 aromatic rings. The maximum absolute atomic E-state index is 12.2. The largest absolute Gasteiger partial charge is 0.389 e. The van der Waals surface area contributed by atoms with E-state index in [0.29, 0.717) is 12.1 Å². The summed E-state index contributed by atoms with van der Waals surface area (Å²) in [5, 5.41) is 12.7. The highest BCUT2D eigenvalue weighted by molar-refractivity contribution is 5.94. The van der Waals surface area contributed by atoms with Crippen LogP contribution in [-0.4, -0.2) is 46.6 Å². The molecule has 0 spiro atoms. The van der Waals surface area contributed by atoms with Gasteiger partial charge in [0.2, 0.25) is 5.91 Å². The lowest BCUT2D eigenvalue weighted by atomic mass is 10.1. The second kappa shape index (κ2) is 7.94. The van der Waals surface area contributed by atoms with Crippen LogP contribution in [0.1, 0.15) is 44.5 Å². The molecule has 0 radical (unpaired) electrons. The summed E-state index contributed by atoms with van der Waals surface area (Å²) in [6.07, 6.45) is 0.211. The predicted molar refractivity (Wildman–Crippen MR) is 86.5 cm³/mol. The van der Waals surface area contributed by atoms with Gasteiger partial charge < -0.3 is 15.3 Å². The van der Waals surface area contributed by atoms with Gasteiger partial charge in [-0.3, -0.25) is 9.59 Å². The molecule has 0 aliphatic heterocycles. The fourth-order valence-electron chi connectivity index (χ4n) is 2.18. The van der Waals surface area contributed by atoms with Crippen LogP contribution in [0.2, 0.25) is 0 Å². The lowest BCUT2D eigenvalue weighted by Crippen LogP contribution is -2.44. The van der Waals surface area contributed by atoms with Crippen LogP contribution in [0.25, 0.3) is 0 Å². The van der Waals surface area contributed by atoms with Crippen molar-refractivity contribution in [3.8, 4) is 0 Å². The number of carbonyl (C=O) groups is 2. The van der Waals surface area contributed by atoms with Crippen molar-refractivity contribution in [2.75, 3.05) is 13.1 Å². The highest BCUT2D eigenvalue weighted by Gasteiger charge is 2.23. The van der Waals surface area contributed by atoms with Crippen LogP contribution < -0.4 is 5.32 Å². The summed E-state index contributed by atoms with van der Waals surface area (Å²) >= 11 is 0. The van der Waals surface area contributed by atoms with Gasteiger partial charge in [-0.25, -0.2) is 0 Å². The van der Waals surface area contributed by atoms with Crippen LogP contribution in [0.15, 0.2) is 30.3 Å². The maximum atomic E-state index is 12.2. The zero-order valence-electron chi connectivity index (χ0n) is 13.8. The quantitative estimate of drug-likeness (QED) is 0.807. The molecular formula is C17H26N2O3. The normalized spacial score (nSPS) is 12.6. The summed E-state index contributed by atoms with van der Waals surface area (Å²) in [5.74, 6) is -0.267. The first-order valence-electron chi connectivity index (χ1n) is 7.59. The second-order valence-electron chi connectivity index (χ2n) is 6.17. The van der Waals surface area contributed by atoms with Crippen molar-refractivity contribution >= 4 is 11.8 Å². The number of carbonyl (C=O) groups excluding carboxylic acids is 2. The number of amides is 2. The van der Waals surface area contributed by atoms with Crippen LogP contribution >= 0.6 is 0 Å². The average molecular weight is 306 g/mol. The van der Waals surface area contributed by atoms with Gasteiger partial charge in [0.25, 0.3) is 5.91 Å². The predicted octanol–water partition coefficient (Wildman–Crippen LogP) is 1.81. The SMILES string of the molecule is CCN(CC(C)(C)O)C(=O)CC(C)NC(=O)c1ccccc1. The van der Waals surface area contributed by atoms with Crippen LogP contribution in [0.4, 0.5) is 0 Å². The van der Waals surface area contributed by atoms with Gasteiger partial charge in [-0.1, -0.05) is 18.2 Å². The molecule has 2 N–H and O–H groups in total. The molecule has 1 unspecified atom stereocenters. The van der Waals surface area contributed by atoms with Crippen molar-refractivity contribution < 1.29 is 14.7 Å². The molecule has 2 amide bonds. The van der Waals surface area contributed by atoms with Gasteiger partial charge in [-0.2, -0.15) is 0 Å². The smallest absolute Gasteiger partial charge is 0.251 e. The van der Waals surface area contributed by atoms with Gasteiger partial charge in [-0.15, -0.1) is 0 Å². The molecule has 0 saturated heterocycles. The van der Waals surface area contributed by atoms with E-state index in [1.54, 1.807) is 49.9 Å². The van der Waals surface area contributed by atoms with E-state index < -0.39 is 5.60 Å². The summed E-state index contributed by atoms with van der Waals surface area (Å²) < 4.78 is 0. The Morgan fingerprint density at radius 1 is 1.27 bits per heavy atom. The van der Waals surface area contributed by atoms with E-state index in [-0.39, 0.29) is 30.8 Å². The molecule has 0 fully saturated rings. The van der Waals surface area contributed by atoms with Crippen LogP contribution in [0, 0.1) is 0 Å². The number of nitrogens with one attached hydrogen (secondary N) is 1. The molecule has 0 aliphatic rings. The van der Waals surface area contributed by atoms with E-state index in [9.17, 15) is 14.7 Å². The lowest BCUT2D eigenvalue weighted by molar-refractivity contribution is -0.134. The highest BCUT2D eigenvalue weighted by Crippen LogP contribution is 2.08. The number of hydrogen-bond donors (Lipinski definition) is 2. The Labute approximate surface area is 132 Å². The Hall–Kier alpha value is -1.88. The van der Waals surface area contributed by atoms with Gasteiger partial charge in [0.1, 0.15) is 0 Å². The van der Waals surface area contributed by atoms with E-state index in [1.165, 1.54) is 0 Å². The second-order valence-corrected chi connectivity index (χ2v) is 6.17. The fraction of sp³-hybridized carbons (Fsp3) is 0.529. The number of rotatable bonds is 7. The minimum Gasteiger partial charge on any atom is -0.389 e. The molecule has 122 valence electrons. The van der Waals surface area contributed by atoms with E-state index in [4.69, 9.17) is 0 Å². The number of aliphatic hydroxyl groups is 1. The van der Waals surface area contributed by atoms with Gasteiger partial charge in [0.15, 0.2) is 0 Å². The molecule has 0 aliphatic carbocycles. The van der Waals surface area contributed by atoms with E-state index in [2.05, 4.69) is 5.32 Å². The minimum atomic E-state index is -0.928. The van der Waals surface area contributed by atoms with Crippen molar-refractivity contribution in [2.45, 2.75) is 45.8 Å². The summed E-state index contributed by atoms with van der Waals surface area (Å²) in [6.45, 7) is 7.82. The Bertz CT molecular complexity index is 494. The molecule has 0 saturated carbocycles. The third-order valence-electron chi connectivity index (χ3n) is 3.21. The summed E-state index contributed by atoms with van der Waals surface area (Å²) in [7, 11) is 0. The molecule has 1 atom stereocenters. The zero-order chi connectivity index (χ0) is 16.8. The number of hydrogen-bond acceptors (Lipinski definition) is 3. The Kier molecular flexibility index (Phi) is 6.56. The standard InChI is InChI=1S/C17H26N2O3/c1-5-19(12-17(3,4)22)15(20)11-13(2)18-16(21)14-9-7-6-8-10-14/h6-10,13,22H,5,11-12H2,1-4H3,(H,18,21). The monoisotopic (exact) mass is 306 g/mol. The molecule has 0 heterocycles. The van der Waals surface area contributed by atoms with Crippen molar-refractivity contribution in [1.82, 2.24) is 10.2 Å². The molecule has 5 heteroatoms.